The number of methoxy groups -OCH3 is 1. The summed E-state index contributed by atoms with van der Waals surface area (Å²) in [5, 5.41) is 0. The fourth-order valence-corrected chi connectivity index (χ4v) is 0.690. The van der Waals surface area contributed by atoms with E-state index in [-0.39, 0.29) is 0 Å². The second-order valence-corrected chi connectivity index (χ2v) is 3.67. The van der Waals surface area contributed by atoms with Crippen LogP contribution >= 0.6 is 10.7 Å². The molecule has 7 heavy (non-hydrogen) atoms. The molecule has 0 spiro atoms. The minimum atomic E-state index is -3.42. The molecule has 0 aromatic carbocycles. The van der Waals surface area contributed by atoms with Crippen molar-refractivity contribution >= 4 is 19.7 Å². The van der Waals surface area contributed by atoms with Gasteiger partial charge >= 0.3 is 0 Å². The van der Waals surface area contributed by atoms with E-state index in [2.05, 4.69) is 15.4 Å². The molecular formula is C2H5ClO3S. The maximum atomic E-state index is 9.87. The summed E-state index contributed by atoms with van der Waals surface area (Å²) in [4.78, 5) is 0. The molecule has 0 bridgehead atoms. The molecule has 0 aliphatic carbocycles. The molecule has 0 saturated heterocycles. The predicted molar refractivity (Wildman–Crippen MR) is 26.6 cm³/mol. The van der Waals surface area contributed by atoms with E-state index in [9.17, 15) is 8.42 Å². The summed E-state index contributed by atoms with van der Waals surface area (Å²) in [6.45, 7) is 0. The van der Waals surface area contributed by atoms with Crippen molar-refractivity contribution in [2.75, 3.05) is 13.0 Å². The first-order chi connectivity index (χ1) is 3.06. The Hall–Kier alpha value is 0.200. The first-order valence-electron chi connectivity index (χ1n) is 1.47. The normalized spacial score (nSPS) is 11.7. The molecule has 0 aliphatic heterocycles. The van der Waals surface area contributed by atoms with Gasteiger partial charge in [-0.2, -0.15) is 0 Å². The van der Waals surface area contributed by atoms with Crippen LogP contribution in [0.1, 0.15) is 0 Å². The maximum absolute atomic E-state index is 9.87. The van der Waals surface area contributed by atoms with Crippen LogP contribution in [0.5, 0.6) is 0 Å². The van der Waals surface area contributed by atoms with E-state index in [1.165, 1.54) is 7.11 Å². The molecule has 3 nitrogen and oxygen atoms in total. The molecule has 0 amide bonds. The lowest BCUT2D eigenvalue weighted by molar-refractivity contribution is 0.251. The third-order valence-electron chi connectivity index (χ3n) is 0.259. The molecular weight excluding hydrogens is 140 g/mol. The fraction of sp³-hybridized carbons (Fsp3) is 1.00. The Morgan fingerprint density at radius 1 is 1.71 bits per heavy atom. The zero-order chi connectivity index (χ0) is 5.91. The largest absolute Gasteiger partial charge is 0.367 e. The van der Waals surface area contributed by atoms with Crippen molar-refractivity contribution in [2.24, 2.45) is 0 Å². The number of ether oxygens (including phenoxy) is 1. The second kappa shape index (κ2) is 2.49. The van der Waals surface area contributed by atoms with Crippen molar-refractivity contribution in [3.63, 3.8) is 0 Å². The van der Waals surface area contributed by atoms with Gasteiger partial charge in [0, 0.05) is 17.8 Å². The monoisotopic (exact) mass is 144 g/mol. The van der Waals surface area contributed by atoms with E-state index < -0.39 is 15.0 Å². The van der Waals surface area contributed by atoms with E-state index >= 15 is 0 Å². The first-order valence-corrected chi connectivity index (χ1v) is 3.95. The van der Waals surface area contributed by atoms with E-state index in [0.29, 0.717) is 0 Å². The summed E-state index contributed by atoms with van der Waals surface area (Å²) in [6.07, 6.45) is 0. The van der Waals surface area contributed by atoms with E-state index in [1.807, 2.05) is 0 Å². The number of rotatable bonds is 2. The predicted octanol–water partition coefficient (Wildman–Crippen LogP) is 0.159. The lowest BCUT2D eigenvalue weighted by Crippen LogP contribution is -1.97. The number of halogens is 1. The molecule has 0 fully saturated rings. The van der Waals surface area contributed by atoms with Gasteiger partial charge in [0.15, 0.2) is 5.94 Å². The molecule has 0 aliphatic rings. The minimum Gasteiger partial charge on any atom is -0.367 e. The summed E-state index contributed by atoms with van der Waals surface area (Å²) in [5.74, 6) is -0.422. The van der Waals surface area contributed by atoms with Crippen molar-refractivity contribution in [3.05, 3.63) is 0 Å². The lowest BCUT2D eigenvalue weighted by atomic mass is 11.5. The van der Waals surface area contributed by atoms with Gasteiger partial charge in [-0.15, -0.1) is 0 Å². The zero-order valence-corrected chi connectivity index (χ0v) is 5.29. The molecule has 0 radical (unpaired) electrons. The van der Waals surface area contributed by atoms with E-state index in [4.69, 9.17) is 0 Å². The van der Waals surface area contributed by atoms with Crippen LogP contribution in [0.25, 0.3) is 0 Å². The molecule has 0 N–H and O–H groups in total. The van der Waals surface area contributed by atoms with Gasteiger partial charge in [-0.1, -0.05) is 0 Å². The van der Waals surface area contributed by atoms with Gasteiger partial charge < -0.3 is 4.74 Å². The van der Waals surface area contributed by atoms with Crippen LogP contribution in [0.15, 0.2) is 0 Å². The number of hydrogen-bond acceptors (Lipinski definition) is 3. The van der Waals surface area contributed by atoms with Crippen LogP contribution in [-0.2, 0) is 13.8 Å². The van der Waals surface area contributed by atoms with Gasteiger partial charge in [0.05, 0.1) is 0 Å². The molecule has 0 heterocycles. The van der Waals surface area contributed by atoms with Gasteiger partial charge in [-0.05, 0) is 0 Å². The van der Waals surface area contributed by atoms with Crippen molar-refractivity contribution < 1.29 is 13.2 Å². The molecule has 0 saturated carbocycles. The molecule has 0 unspecified atom stereocenters. The van der Waals surface area contributed by atoms with Crippen LogP contribution < -0.4 is 0 Å². The summed E-state index contributed by atoms with van der Waals surface area (Å²) in [5.41, 5.74) is 0. The Morgan fingerprint density at radius 3 is 2.14 bits per heavy atom. The Bertz CT molecular complexity index is 126. The van der Waals surface area contributed by atoms with E-state index in [1.54, 1.807) is 0 Å². The maximum Gasteiger partial charge on any atom is 0.256 e. The average Bonchev–Trinajstić information content (AvgIpc) is 1.30. The van der Waals surface area contributed by atoms with E-state index in [0.717, 1.165) is 0 Å². The summed E-state index contributed by atoms with van der Waals surface area (Å²) in [6, 6.07) is 0. The fourth-order valence-electron chi connectivity index (χ4n) is 0.141. The van der Waals surface area contributed by atoms with Crippen molar-refractivity contribution in [3.8, 4) is 0 Å². The molecule has 0 atom stereocenters. The van der Waals surface area contributed by atoms with Crippen molar-refractivity contribution in [1.29, 1.82) is 0 Å². The molecule has 0 aromatic heterocycles. The average molecular weight is 145 g/mol. The lowest BCUT2D eigenvalue weighted by Gasteiger charge is -1.87. The van der Waals surface area contributed by atoms with Crippen LogP contribution in [0.4, 0.5) is 0 Å². The Labute approximate surface area is 46.7 Å². The highest BCUT2D eigenvalue weighted by atomic mass is 35.7. The third kappa shape index (κ3) is 6.20. The van der Waals surface area contributed by atoms with Crippen LogP contribution in [0, 0.1) is 0 Å². The Morgan fingerprint density at radius 2 is 2.14 bits per heavy atom. The highest BCUT2D eigenvalue weighted by Gasteiger charge is 2.00. The summed E-state index contributed by atoms with van der Waals surface area (Å²) in [7, 11) is 2.52. The molecule has 0 aromatic rings. The summed E-state index contributed by atoms with van der Waals surface area (Å²) >= 11 is 0. The minimum absolute atomic E-state index is 0.422. The quantitative estimate of drug-likeness (QED) is 0.519. The summed E-state index contributed by atoms with van der Waals surface area (Å²) < 4.78 is 23.9. The van der Waals surface area contributed by atoms with Gasteiger partial charge in [0.25, 0.3) is 9.05 Å². The Kier molecular flexibility index (Phi) is 2.56. The van der Waals surface area contributed by atoms with Crippen LogP contribution in [-0.4, -0.2) is 21.5 Å². The highest BCUT2D eigenvalue weighted by Crippen LogP contribution is 1.93. The zero-order valence-electron chi connectivity index (χ0n) is 3.72. The first kappa shape index (κ1) is 7.20. The van der Waals surface area contributed by atoms with Gasteiger partial charge in [-0.3, -0.25) is 0 Å². The van der Waals surface area contributed by atoms with Crippen molar-refractivity contribution in [2.45, 2.75) is 0 Å². The molecule has 5 heteroatoms. The second-order valence-electron chi connectivity index (χ2n) is 0.945. The topological polar surface area (TPSA) is 43.4 Å². The van der Waals surface area contributed by atoms with Crippen LogP contribution in [0.2, 0.25) is 0 Å². The van der Waals surface area contributed by atoms with Gasteiger partial charge in [0.2, 0.25) is 0 Å². The molecule has 0 rings (SSSR count). The number of hydrogen-bond donors (Lipinski definition) is 0. The Balaban J connectivity index is 3.60. The van der Waals surface area contributed by atoms with Gasteiger partial charge in [-0.25, -0.2) is 8.42 Å². The standard InChI is InChI=1S/C2H5ClO3S/c1-6-2-7(3,4)5/h2H2,1H3. The smallest absolute Gasteiger partial charge is 0.256 e. The SMILES string of the molecule is COCS(=O)(=O)Cl. The molecule has 44 valence electrons. The third-order valence-corrected chi connectivity index (χ3v) is 1.04. The van der Waals surface area contributed by atoms with Gasteiger partial charge in [0.1, 0.15) is 0 Å². The van der Waals surface area contributed by atoms with Crippen molar-refractivity contribution in [1.82, 2.24) is 0 Å². The van der Waals surface area contributed by atoms with Crippen LogP contribution in [0.3, 0.4) is 0 Å². The highest BCUT2D eigenvalue weighted by molar-refractivity contribution is 8.13.